The molecule has 106 valence electrons. The highest BCUT2D eigenvalue weighted by Crippen LogP contribution is 2.35. The molecule has 2 N–H and O–H groups in total. The third-order valence-corrected chi connectivity index (χ3v) is 2.77. The summed E-state index contributed by atoms with van der Waals surface area (Å²) in [6.07, 6.45) is 0. The highest BCUT2D eigenvalue weighted by atomic mass is 16.6. The van der Waals surface area contributed by atoms with Crippen molar-refractivity contribution < 1.29 is 10.0 Å². The van der Waals surface area contributed by atoms with Gasteiger partial charge >= 0.3 is 5.69 Å². The first-order chi connectivity index (χ1) is 8.80. The molecular weight excluding hydrogens is 246 g/mol. The lowest BCUT2D eigenvalue weighted by atomic mass is 10.1. The number of hydrogen-bond donors (Lipinski definition) is 2. The molecule has 6 nitrogen and oxygen atoms in total. The Labute approximate surface area is 113 Å². The van der Waals surface area contributed by atoms with Gasteiger partial charge < -0.3 is 15.3 Å². The van der Waals surface area contributed by atoms with E-state index in [4.69, 9.17) is 0 Å². The number of benzene rings is 1. The highest BCUT2D eigenvalue weighted by molar-refractivity contribution is 5.77. The first kappa shape index (κ1) is 15.2. The number of nitro benzene ring substituents is 1. The van der Waals surface area contributed by atoms with Crippen molar-refractivity contribution in [3.8, 4) is 0 Å². The minimum absolute atomic E-state index is 0.0381. The fraction of sp³-hybridized carbons (Fsp3) is 0.538. The van der Waals surface area contributed by atoms with E-state index in [1.807, 2.05) is 6.92 Å². The zero-order valence-corrected chi connectivity index (χ0v) is 11.8. The molecule has 1 aromatic rings. The summed E-state index contributed by atoms with van der Waals surface area (Å²) in [5, 5.41) is 24.0. The number of rotatable bonds is 6. The van der Waals surface area contributed by atoms with Crippen LogP contribution in [0.1, 0.15) is 20.8 Å². The van der Waals surface area contributed by atoms with Crippen LogP contribution in [0, 0.1) is 10.1 Å². The first-order valence-electron chi connectivity index (χ1n) is 6.22. The van der Waals surface area contributed by atoms with E-state index in [0.29, 0.717) is 24.5 Å². The van der Waals surface area contributed by atoms with Gasteiger partial charge in [0.2, 0.25) is 0 Å². The Balaban J connectivity index is 3.27. The molecule has 0 aliphatic heterocycles. The maximum atomic E-state index is 11.3. The van der Waals surface area contributed by atoms with Crippen molar-refractivity contribution in [3.63, 3.8) is 0 Å². The minimum atomic E-state index is -0.917. The van der Waals surface area contributed by atoms with E-state index in [9.17, 15) is 15.2 Å². The number of hydrogen-bond acceptors (Lipinski definition) is 5. The van der Waals surface area contributed by atoms with Crippen LogP contribution in [0.2, 0.25) is 0 Å². The Bertz CT molecular complexity index is 455. The molecule has 0 unspecified atom stereocenters. The van der Waals surface area contributed by atoms with Crippen molar-refractivity contribution in [1.82, 2.24) is 0 Å². The van der Waals surface area contributed by atoms with Gasteiger partial charge in [0.1, 0.15) is 11.4 Å². The summed E-state index contributed by atoms with van der Waals surface area (Å²) in [5.74, 6) is 0. The molecular formula is C13H21N3O3. The molecule has 0 atom stereocenters. The second-order valence-corrected chi connectivity index (χ2v) is 5.01. The maximum Gasteiger partial charge on any atom is 0.315 e. The Morgan fingerprint density at radius 3 is 2.53 bits per heavy atom. The summed E-state index contributed by atoms with van der Waals surface area (Å²) >= 11 is 0. The zero-order valence-electron chi connectivity index (χ0n) is 11.8. The molecule has 0 saturated carbocycles. The molecule has 0 aromatic heterocycles. The quantitative estimate of drug-likeness (QED) is 0.610. The molecule has 19 heavy (non-hydrogen) atoms. The monoisotopic (exact) mass is 267 g/mol. The first-order valence-corrected chi connectivity index (χ1v) is 6.22. The van der Waals surface area contributed by atoms with Crippen molar-refractivity contribution >= 4 is 17.1 Å². The molecule has 0 spiro atoms. The largest absolute Gasteiger partial charge is 0.389 e. The van der Waals surface area contributed by atoms with E-state index in [0.717, 1.165) is 0 Å². The lowest BCUT2D eigenvalue weighted by Gasteiger charge is -2.29. The van der Waals surface area contributed by atoms with Crippen molar-refractivity contribution in [1.29, 1.82) is 0 Å². The van der Waals surface area contributed by atoms with Gasteiger partial charge in [-0.25, -0.2) is 0 Å². The molecule has 0 radical (unpaired) electrons. The van der Waals surface area contributed by atoms with Crippen LogP contribution >= 0.6 is 0 Å². The molecule has 1 aromatic carbocycles. The van der Waals surface area contributed by atoms with Gasteiger partial charge in [-0.3, -0.25) is 10.1 Å². The van der Waals surface area contributed by atoms with Crippen LogP contribution in [0.25, 0.3) is 0 Å². The van der Waals surface area contributed by atoms with Gasteiger partial charge in [0.05, 0.1) is 10.5 Å². The van der Waals surface area contributed by atoms with Crippen LogP contribution in [0.4, 0.5) is 17.1 Å². The predicted molar refractivity (Wildman–Crippen MR) is 76.8 cm³/mol. The van der Waals surface area contributed by atoms with Crippen LogP contribution in [-0.2, 0) is 0 Å². The lowest BCUT2D eigenvalue weighted by molar-refractivity contribution is -0.383. The summed E-state index contributed by atoms with van der Waals surface area (Å²) in [6, 6.07) is 5.13. The average Bonchev–Trinajstić information content (AvgIpc) is 2.33. The van der Waals surface area contributed by atoms with Crippen molar-refractivity contribution in [2.45, 2.75) is 26.4 Å². The highest BCUT2D eigenvalue weighted by Gasteiger charge is 2.26. The van der Waals surface area contributed by atoms with Gasteiger partial charge in [-0.15, -0.1) is 0 Å². The zero-order chi connectivity index (χ0) is 14.6. The Morgan fingerprint density at radius 2 is 2.11 bits per heavy atom. The Morgan fingerprint density at radius 1 is 1.47 bits per heavy atom. The summed E-state index contributed by atoms with van der Waals surface area (Å²) in [6.45, 7) is 6.18. The number of nitrogens with zero attached hydrogens (tertiary/aromatic N) is 2. The van der Waals surface area contributed by atoms with Crippen LogP contribution in [-0.4, -0.2) is 35.8 Å². The van der Waals surface area contributed by atoms with Gasteiger partial charge in [0.25, 0.3) is 0 Å². The molecule has 0 fully saturated rings. The SMILES string of the molecule is CCN(CC(C)(C)O)c1cccc(NC)c1[N+](=O)[O-]. The molecule has 6 heteroatoms. The number of nitrogens with one attached hydrogen (secondary N) is 1. The Kier molecular flexibility index (Phi) is 4.72. The number of anilines is 2. The van der Waals surface area contributed by atoms with Crippen molar-refractivity contribution in [2.75, 3.05) is 30.4 Å². The second kappa shape index (κ2) is 5.88. The topological polar surface area (TPSA) is 78.6 Å². The predicted octanol–water partition coefficient (Wildman–Crippen LogP) is 2.23. The van der Waals surface area contributed by atoms with Crippen molar-refractivity contribution in [2.24, 2.45) is 0 Å². The molecule has 0 saturated heterocycles. The van der Waals surface area contributed by atoms with Crippen LogP contribution in [0.3, 0.4) is 0 Å². The number of aliphatic hydroxyl groups is 1. The lowest BCUT2D eigenvalue weighted by Crippen LogP contribution is -2.38. The summed E-state index contributed by atoms with van der Waals surface area (Å²) in [5.41, 5.74) is 0.105. The number of para-hydroxylation sites is 1. The smallest absolute Gasteiger partial charge is 0.315 e. The van der Waals surface area contributed by atoms with E-state index in [1.54, 1.807) is 44.0 Å². The van der Waals surface area contributed by atoms with Gasteiger partial charge in [-0.1, -0.05) is 6.07 Å². The van der Waals surface area contributed by atoms with E-state index in [1.165, 1.54) is 0 Å². The number of likely N-dealkylation sites (N-methyl/N-ethyl adjacent to an activating group) is 1. The van der Waals surface area contributed by atoms with Gasteiger partial charge in [0, 0.05) is 20.1 Å². The van der Waals surface area contributed by atoms with Crippen LogP contribution < -0.4 is 10.2 Å². The number of nitro groups is 1. The van der Waals surface area contributed by atoms with Gasteiger partial charge in [-0.2, -0.15) is 0 Å². The Hall–Kier alpha value is -1.82. The third kappa shape index (κ3) is 3.82. The molecule has 0 heterocycles. The van der Waals surface area contributed by atoms with E-state index < -0.39 is 10.5 Å². The second-order valence-electron chi connectivity index (χ2n) is 5.01. The third-order valence-electron chi connectivity index (χ3n) is 2.77. The summed E-state index contributed by atoms with van der Waals surface area (Å²) in [4.78, 5) is 12.7. The van der Waals surface area contributed by atoms with Crippen LogP contribution in [0.5, 0.6) is 0 Å². The fourth-order valence-electron chi connectivity index (χ4n) is 2.01. The average molecular weight is 267 g/mol. The van der Waals surface area contributed by atoms with Crippen molar-refractivity contribution in [3.05, 3.63) is 28.3 Å². The standard InChI is InChI=1S/C13H21N3O3/c1-5-15(9-13(2,3)17)11-8-6-7-10(14-4)12(11)16(18)19/h6-8,14,17H,5,9H2,1-4H3. The molecule has 0 aliphatic carbocycles. The van der Waals surface area contributed by atoms with E-state index in [-0.39, 0.29) is 5.69 Å². The molecule has 1 rings (SSSR count). The van der Waals surface area contributed by atoms with E-state index in [2.05, 4.69) is 5.32 Å². The summed E-state index contributed by atoms with van der Waals surface area (Å²) in [7, 11) is 1.65. The fourth-order valence-corrected chi connectivity index (χ4v) is 2.01. The van der Waals surface area contributed by atoms with Gasteiger partial charge in [0.15, 0.2) is 0 Å². The normalized spacial score (nSPS) is 11.2. The molecule has 0 bridgehead atoms. The minimum Gasteiger partial charge on any atom is -0.389 e. The van der Waals surface area contributed by atoms with Gasteiger partial charge in [-0.05, 0) is 32.9 Å². The maximum absolute atomic E-state index is 11.3. The molecule has 0 amide bonds. The van der Waals surface area contributed by atoms with E-state index >= 15 is 0 Å². The van der Waals surface area contributed by atoms with Crippen LogP contribution in [0.15, 0.2) is 18.2 Å². The summed E-state index contributed by atoms with van der Waals surface area (Å²) < 4.78 is 0. The molecule has 0 aliphatic rings.